The Morgan fingerprint density at radius 3 is 2.54 bits per heavy atom. The number of anilines is 1. The highest BCUT2D eigenvalue weighted by molar-refractivity contribution is 7.81. The number of nitrogens with two attached hydrogens (primary N) is 1. The third-order valence-corrected chi connectivity index (χ3v) is 6.19. The Morgan fingerprint density at radius 2 is 1.97 bits per heavy atom. The lowest BCUT2D eigenvalue weighted by Crippen LogP contribution is -2.37. The topological polar surface area (TPSA) is 132 Å². The Kier molecular flexibility index (Phi) is 13.5. The van der Waals surface area contributed by atoms with Crippen LogP contribution in [0, 0.1) is 23.7 Å². The number of nitrogens with one attached hydrogen (secondary N) is 2. The molecule has 0 bridgehead atoms. The molecule has 3 amide bonds. The van der Waals surface area contributed by atoms with Gasteiger partial charge >= 0.3 is 0 Å². The second kappa shape index (κ2) is 16.0. The van der Waals surface area contributed by atoms with Gasteiger partial charge < -0.3 is 26.2 Å². The molecule has 208 valence electrons. The Labute approximate surface area is 235 Å². The number of carbonyl (C=O) groups is 3. The van der Waals surface area contributed by atoms with Crippen molar-refractivity contribution < 1.29 is 18.8 Å². The van der Waals surface area contributed by atoms with Crippen LogP contribution in [0.15, 0.2) is 59.2 Å². The first-order chi connectivity index (χ1) is 18.6. The molecule has 0 saturated heterocycles. The molecule has 1 aliphatic carbocycles. The molecule has 1 unspecified atom stereocenters. The standard InChI is InChI=1S/C27H30FN5O3S.CH5N/c1-5-14-30-26(36)21(16-29)25(33(6-2)18-34)27(3,37)19-10-9-11-20(15-19)31-24(35)17-32(4)23-13-8-7-12-22(23)28;1-2/h1,9-13,15,18,37H,6-8,14,17H2,2-4H3,(H,30,36)(H,31,35);2H2,1H3/b25-21+;. The van der Waals surface area contributed by atoms with Gasteiger partial charge in [-0.1, -0.05) is 24.1 Å². The van der Waals surface area contributed by atoms with E-state index >= 15 is 0 Å². The number of terminal acetylenes is 1. The minimum absolute atomic E-state index is 0.0695. The second-order valence-electron chi connectivity index (χ2n) is 8.39. The number of nitriles is 1. The number of thiol groups is 1. The largest absolute Gasteiger partial charge is 0.363 e. The Morgan fingerprint density at radius 1 is 1.31 bits per heavy atom. The van der Waals surface area contributed by atoms with Gasteiger partial charge in [0.25, 0.3) is 5.91 Å². The Balaban J connectivity index is 0.00000371. The van der Waals surface area contributed by atoms with Gasteiger partial charge in [0.1, 0.15) is 17.5 Å². The second-order valence-corrected chi connectivity index (χ2v) is 9.28. The van der Waals surface area contributed by atoms with Crippen molar-refractivity contribution in [3.8, 4) is 18.4 Å². The zero-order valence-corrected chi connectivity index (χ0v) is 23.5. The van der Waals surface area contributed by atoms with Gasteiger partial charge in [-0.15, -0.1) is 6.42 Å². The molecule has 0 spiro atoms. The first-order valence-corrected chi connectivity index (χ1v) is 12.6. The molecule has 0 saturated carbocycles. The Bertz CT molecular complexity index is 1230. The van der Waals surface area contributed by atoms with Crippen molar-refractivity contribution in [1.82, 2.24) is 15.1 Å². The minimum atomic E-state index is -1.30. The average molecular weight is 555 g/mol. The van der Waals surface area contributed by atoms with E-state index in [4.69, 9.17) is 19.1 Å². The number of amides is 3. The van der Waals surface area contributed by atoms with E-state index in [9.17, 15) is 24.0 Å². The quantitative estimate of drug-likeness (QED) is 0.109. The molecular weight excluding hydrogens is 519 g/mol. The van der Waals surface area contributed by atoms with Gasteiger partial charge in [0.2, 0.25) is 12.3 Å². The van der Waals surface area contributed by atoms with Gasteiger partial charge in [0, 0.05) is 19.3 Å². The third-order valence-electron chi connectivity index (χ3n) is 5.72. The van der Waals surface area contributed by atoms with Crippen LogP contribution in [0.5, 0.6) is 0 Å². The van der Waals surface area contributed by atoms with Crippen LogP contribution < -0.4 is 16.4 Å². The lowest BCUT2D eigenvalue weighted by molar-refractivity contribution is -0.118. The first-order valence-electron chi connectivity index (χ1n) is 12.2. The van der Waals surface area contributed by atoms with Crippen LogP contribution in [0.4, 0.5) is 10.1 Å². The molecule has 9 nitrogen and oxygen atoms in total. The maximum atomic E-state index is 14.1. The van der Waals surface area contributed by atoms with Crippen LogP contribution >= 0.6 is 12.6 Å². The molecule has 1 aromatic carbocycles. The number of likely N-dealkylation sites (N-methyl/N-ethyl adjacent to an activating group) is 2. The highest BCUT2D eigenvalue weighted by atomic mass is 32.1. The zero-order chi connectivity index (χ0) is 29.6. The van der Waals surface area contributed by atoms with Crippen LogP contribution in [-0.4, -0.2) is 61.8 Å². The highest BCUT2D eigenvalue weighted by Gasteiger charge is 2.36. The van der Waals surface area contributed by atoms with Crippen molar-refractivity contribution in [2.75, 3.05) is 39.0 Å². The van der Waals surface area contributed by atoms with Gasteiger partial charge in [0.15, 0.2) is 0 Å². The number of carbonyl (C=O) groups excluding carboxylic acids is 3. The predicted octanol–water partition coefficient (Wildman–Crippen LogP) is 2.81. The van der Waals surface area contributed by atoms with Crippen LogP contribution in [0.25, 0.3) is 0 Å². The summed E-state index contributed by atoms with van der Waals surface area (Å²) in [6.07, 6.45) is 10.3. The molecule has 4 N–H and O–H groups in total. The number of halogens is 1. The van der Waals surface area contributed by atoms with E-state index in [1.165, 1.54) is 22.9 Å². The van der Waals surface area contributed by atoms with Crippen molar-refractivity contribution in [2.45, 2.75) is 31.4 Å². The normalized spacial score (nSPS) is 14.3. The summed E-state index contributed by atoms with van der Waals surface area (Å²) in [6.45, 7) is 3.33. The number of benzene rings is 1. The number of hydrogen-bond acceptors (Lipinski definition) is 7. The predicted molar refractivity (Wildman–Crippen MR) is 154 cm³/mol. The van der Waals surface area contributed by atoms with E-state index in [0.717, 1.165) is 0 Å². The summed E-state index contributed by atoms with van der Waals surface area (Å²) in [7, 11) is 3.13. The van der Waals surface area contributed by atoms with Gasteiger partial charge in [-0.05, 0) is 57.5 Å². The summed E-state index contributed by atoms with van der Waals surface area (Å²) in [4.78, 5) is 40.0. The number of rotatable bonds is 11. The monoisotopic (exact) mass is 554 g/mol. The van der Waals surface area contributed by atoms with Gasteiger partial charge in [-0.2, -0.15) is 17.9 Å². The fourth-order valence-electron chi connectivity index (χ4n) is 3.89. The summed E-state index contributed by atoms with van der Waals surface area (Å²) in [5, 5.41) is 15.0. The van der Waals surface area contributed by atoms with Crippen LogP contribution in [0.1, 0.15) is 32.3 Å². The molecule has 1 aliphatic rings. The summed E-state index contributed by atoms with van der Waals surface area (Å²) in [6, 6.07) is 8.55. The number of nitrogens with zero attached hydrogens (tertiary/aromatic N) is 3. The van der Waals surface area contributed by atoms with E-state index in [-0.39, 0.29) is 42.6 Å². The van der Waals surface area contributed by atoms with Crippen molar-refractivity contribution in [3.05, 3.63) is 64.8 Å². The third kappa shape index (κ3) is 8.74. The number of allylic oxidation sites excluding steroid dienone is 3. The first kappa shape index (κ1) is 33.0. The molecule has 0 radical (unpaired) electrons. The van der Waals surface area contributed by atoms with Crippen LogP contribution in [0.3, 0.4) is 0 Å². The molecule has 2 rings (SSSR count). The molecule has 0 heterocycles. The molecule has 0 aromatic heterocycles. The molecule has 0 fully saturated rings. The summed E-state index contributed by atoms with van der Waals surface area (Å²) >= 11 is 4.76. The summed E-state index contributed by atoms with van der Waals surface area (Å²) < 4.78 is 12.8. The molecule has 11 heteroatoms. The van der Waals surface area contributed by atoms with Crippen LogP contribution in [0.2, 0.25) is 0 Å². The van der Waals surface area contributed by atoms with E-state index in [0.29, 0.717) is 36.2 Å². The van der Waals surface area contributed by atoms with Gasteiger partial charge in [-0.25, -0.2) is 4.39 Å². The van der Waals surface area contributed by atoms with Crippen LogP contribution in [-0.2, 0) is 19.1 Å². The number of hydrogen-bond donors (Lipinski definition) is 4. The smallest absolute Gasteiger partial charge is 0.264 e. The summed E-state index contributed by atoms with van der Waals surface area (Å²) in [5.41, 5.74) is 5.56. The van der Waals surface area contributed by atoms with Gasteiger partial charge in [-0.3, -0.25) is 14.4 Å². The minimum Gasteiger partial charge on any atom is -0.363 e. The van der Waals surface area contributed by atoms with E-state index in [1.54, 1.807) is 51.2 Å². The van der Waals surface area contributed by atoms with Gasteiger partial charge in [0.05, 0.1) is 29.2 Å². The van der Waals surface area contributed by atoms with Crippen molar-refractivity contribution in [3.63, 3.8) is 0 Å². The highest BCUT2D eigenvalue weighted by Crippen LogP contribution is 2.40. The Hall–Kier alpha value is -4.06. The molecule has 39 heavy (non-hydrogen) atoms. The van der Waals surface area contributed by atoms with E-state index in [1.807, 2.05) is 6.07 Å². The molecule has 0 aliphatic heterocycles. The van der Waals surface area contributed by atoms with Crippen molar-refractivity contribution in [2.24, 2.45) is 5.73 Å². The molecule has 1 aromatic rings. The zero-order valence-electron chi connectivity index (χ0n) is 22.6. The fraction of sp³-hybridized carbons (Fsp3) is 0.357. The average Bonchev–Trinajstić information content (AvgIpc) is 2.93. The van der Waals surface area contributed by atoms with Crippen molar-refractivity contribution >= 4 is 36.5 Å². The molecular formula is C28H35FN6O3S. The summed E-state index contributed by atoms with van der Waals surface area (Å²) in [5.74, 6) is 0.807. The van der Waals surface area contributed by atoms with E-state index < -0.39 is 10.7 Å². The lowest BCUT2D eigenvalue weighted by Gasteiger charge is -2.34. The van der Waals surface area contributed by atoms with E-state index in [2.05, 4.69) is 22.3 Å². The molecule has 1 atom stereocenters. The van der Waals surface area contributed by atoms with Crippen molar-refractivity contribution in [1.29, 1.82) is 5.26 Å². The SMILES string of the molecule is C#CCNC(=O)/C(C#N)=C(/N(C=O)CC)C(C)(S)c1cccc(NC(=O)CN(C)C2=CCCC=C2F)c1.CN. The maximum absolute atomic E-state index is 14.1. The fourth-order valence-corrected chi connectivity index (χ4v) is 4.27. The maximum Gasteiger partial charge on any atom is 0.264 e. The lowest BCUT2D eigenvalue weighted by atomic mass is 9.91.